The fourth-order valence-corrected chi connectivity index (χ4v) is 2.16. The normalized spacial score (nSPS) is 11.4. The molecule has 8 heteroatoms. The van der Waals surface area contributed by atoms with Crippen LogP contribution in [0.2, 0.25) is 0 Å². The van der Waals surface area contributed by atoms with Crippen LogP contribution in [0.4, 0.5) is 5.82 Å². The number of sulfone groups is 1. The van der Waals surface area contributed by atoms with Crippen molar-refractivity contribution < 1.29 is 18.3 Å². The van der Waals surface area contributed by atoms with E-state index < -0.39 is 15.8 Å². The van der Waals surface area contributed by atoms with Crippen LogP contribution < -0.4 is 5.32 Å². The van der Waals surface area contributed by atoms with Crippen molar-refractivity contribution in [2.45, 2.75) is 0 Å². The Morgan fingerprint density at radius 2 is 2.10 bits per heavy atom. The van der Waals surface area contributed by atoms with Crippen molar-refractivity contribution in [1.82, 2.24) is 9.97 Å². The van der Waals surface area contributed by atoms with E-state index in [0.717, 1.165) is 6.26 Å². The highest BCUT2D eigenvalue weighted by atomic mass is 32.2. The molecule has 0 unspecified atom stereocenters. The Bertz CT molecular complexity index is 758. The molecule has 0 saturated heterocycles. The van der Waals surface area contributed by atoms with E-state index in [4.69, 9.17) is 5.11 Å². The van der Waals surface area contributed by atoms with Crippen molar-refractivity contribution in [3.8, 4) is 0 Å². The molecule has 1 heterocycles. The largest absolute Gasteiger partial charge is 0.478 e. The van der Waals surface area contributed by atoms with Crippen LogP contribution in [0.25, 0.3) is 10.9 Å². The summed E-state index contributed by atoms with van der Waals surface area (Å²) in [5.74, 6) is -0.557. The summed E-state index contributed by atoms with van der Waals surface area (Å²) >= 11 is 0. The van der Waals surface area contributed by atoms with Gasteiger partial charge in [0, 0.05) is 18.2 Å². The molecule has 0 fully saturated rings. The van der Waals surface area contributed by atoms with Crippen LogP contribution in [-0.4, -0.2) is 48.0 Å². The Kier molecular flexibility index (Phi) is 3.84. The van der Waals surface area contributed by atoms with Gasteiger partial charge in [-0.3, -0.25) is 0 Å². The Morgan fingerprint density at radius 1 is 1.35 bits per heavy atom. The highest BCUT2D eigenvalue weighted by Crippen LogP contribution is 2.20. The first-order valence-electron chi connectivity index (χ1n) is 5.76. The summed E-state index contributed by atoms with van der Waals surface area (Å²) in [7, 11) is -3.05. The number of carboxylic acids is 1. The van der Waals surface area contributed by atoms with Gasteiger partial charge in [-0.2, -0.15) is 0 Å². The third-order valence-electron chi connectivity index (χ3n) is 2.65. The van der Waals surface area contributed by atoms with Gasteiger partial charge < -0.3 is 10.4 Å². The maximum Gasteiger partial charge on any atom is 0.335 e. The van der Waals surface area contributed by atoms with Gasteiger partial charge in [-0.05, 0) is 18.2 Å². The van der Waals surface area contributed by atoms with Gasteiger partial charge >= 0.3 is 5.97 Å². The zero-order valence-electron chi connectivity index (χ0n) is 10.7. The molecule has 0 atom stereocenters. The first-order chi connectivity index (χ1) is 9.37. The molecule has 2 aromatic rings. The number of anilines is 1. The molecule has 0 aliphatic carbocycles. The number of carboxylic acid groups (broad SMARTS) is 1. The molecule has 0 spiro atoms. The molecule has 2 rings (SSSR count). The Hall–Kier alpha value is -2.22. The lowest BCUT2D eigenvalue weighted by atomic mass is 10.1. The van der Waals surface area contributed by atoms with Crippen molar-refractivity contribution >= 4 is 32.5 Å². The lowest BCUT2D eigenvalue weighted by molar-refractivity contribution is 0.0697. The topological polar surface area (TPSA) is 109 Å². The lowest BCUT2D eigenvalue weighted by Crippen LogP contribution is -2.15. The molecule has 0 bridgehead atoms. The second-order valence-corrected chi connectivity index (χ2v) is 6.58. The summed E-state index contributed by atoms with van der Waals surface area (Å²) < 4.78 is 22.1. The van der Waals surface area contributed by atoms with Gasteiger partial charge in [0.05, 0.1) is 16.8 Å². The van der Waals surface area contributed by atoms with E-state index >= 15 is 0 Å². The number of aromatic carboxylic acids is 1. The SMILES string of the molecule is CS(=O)(=O)CCNc1ncnc2cc(C(=O)O)ccc12. The average Bonchev–Trinajstić information content (AvgIpc) is 2.36. The number of nitrogens with one attached hydrogen (secondary N) is 1. The molecule has 0 aliphatic rings. The van der Waals surface area contributed by atoms with Gasteiger partial charge in [0.1, 0.15) is 22.0 Å². The molecular formula is C12H13N3O4S. The summed E-state index contributed by atoms with van der Waals surface area (Å²) in [6.45, 7) is 0.228. The van der Waals surface area contributed by atoms with Gasteiger partial charge in [0.15, 0.2) is 0 Å². The number of nitrogens with zero attached hydrogens (tertiary/aromatic N) is 2. The molecule has 0 amide bonds. The fourth-order valence-electron chi connectivity index (χ4n) is 1.69. The molecule has 0 aliphatic heterocycles. The van der Waals surface area contributed by atoms with E-state index in [2.05, 4.69) is 15.3 Å². The first kappa shape index (κ1) is 14.2. The Morgan fingerprint density at radius 3 is 2.75 bits per heavy atom. The molecule has 106 valence electrons. The average molecular weight is 295 g/mol. The lowest BCUT2D eigenvalue weighted by Gasteiger charge is -2.08. The van der Waals surface area contributed by atoms with E-state index in [-0.39, 0.29) is 17.9 Å². The molecule has 0 radical (unpaired) electrons. The van der Waals surface area contributed by atoms with E-state index in [1.165, 1.54) is 18.5 Å². The summed E-state index contributed by atoms with van der Waals surface area (Å²) in [4.78, 5) is 18.9. The fraction of sp³-hybridized carbons (Fsp3) is 0.250. The van der Waals surface area contributed by atoms with E-state index in [1.807, 2.05) is 0 Å². The van der Waals surface area contributed by atoms with Crippen LogP contribution in [-0.2, 0) is 9.84 Å². The summed E-state index contributed by atoms with van der Waals surface area (Å²) in [6.07, 6.45) is 2.46. The van der Waals surface area contributed by atoms with Crippen molar-refractivity contribution in [3.63, 3.8) is 0 Å². The van der Waals surface area contributed by atoms with Crippen molar-refractivity contribution in [1.29, 1.82) is 0 Å². The minimum Gasteiger partial charge on any atom is -0.478 e. The van der Waals surface area contributed by atoms with Crippen LogP contribution in [0.5, 0.6) is 0 Å². The predicted molar refractivity (Wildman–Crippen MR) is 74.7 cm³/mol. The van der Waals surface area contributed by atoms with E-state index in [0.29, 0.717) is 16.7 Å². The smallest absolute Gasteiger partial charge is 0.335 e. The van der Waals surface area contributed by atoms with Crippen molar-refractivity contribution in [2.75, 3.05) is 23.9 Å². The third kappa shape index (κ3) is 3.41. The molecule has 2 N–H and O–H groups in total. The Balaban J connectivity index is 2.28. The number of hydrogen-bond donors (Lipinski definition) is 2. The number of carbonyl (C=O) groups is 1. The van der Waals surface area contributed by atoms with Gasteiger partial charge in [-0.15, -0.1) is 0 Å². The summed E-state index contributed by atoms with van der Waals surface area (Å²) in [5.41, 5.74) is 0.625. The van der Waals surface area contributed by atoms with Crippen LogP contribution in [0.3, 0.4) is 0 Å². The molecule has 7 nitrogen and oxygen atoms in total. The van der Waals surface area contributed by atoms with Gasteiger partial charge in [0.2, 0.25) is 0 Å². The second-order valence-electron chi connectivity index (χ2n) is 4.32. The minimum atomic E-state index is -3.05. The van der Waals surface area contributed by atoms with E-state index in [9.17, 15) is 13.2 Å². The maximum atomic E-state index is 11.1. The maximum absolute atomic E-state index is 11.1. The monoisotopic (exact) mass is 295 g/mol. The summed E-state index contributed by atoms with van der Waals surface area (Å²) in [5, 5.41) is 12.5. The van der Waals surface area contributed by atoms with E-state index in [1.54, 1.807) is 6.07 Å². The number of aromatic nitrogens is 2. The minimum absolute atomic E-state index is 0.00823. The van der Waals surface area contributed by atoms with Crippen molar-refractivity contribution in [3.05, 3.63) is 30.1 Å². The number of rotatable bonds is 5. The van der Waals surface area contributed by atoms with Gasteiger partial charge in [-0.1, -0.05) is 0 Å². The highest BCUT2D eigenvalue weighted by Gasteiger charge is 2.08. The van der Waals surface area contributed by atoms with Crippen LogP contribution in [0, 0.1) is 0 Å². The van der Waals surface area contributed by atoms with Crippen LogP contribution in [0.15, 0.2) is 24.5 Å². The zero-order chi connectivity index (χ0) is 14.8. The quantitative estimate of drug-likeness (QED) is 0.839. The first-order valence-corrected chi connectivity index (χ1v) is 7.82. The van der Waals surface area contributed by atoms with Crippen LogP contribution >= 0.6 is 0 Å². The molecule has 1 aromatic heterocycles. The number of benzene rings is 1. The Labute approximate surface area is 115 Å². The van der Waals surface area contributed by atoms with Crippen molar-refractivity contribution in [2.24, 2.45) is 0 Å². The standard InChI is InChI=1S/C12H13N3O4S/c1-20(18,19)5-4-13-11-9-3-2-8(12(16)17)6-10(9)14-7-15-11/h2-3,6-7H,4-5H2,1H3,(H,16,17)(H,13,14,15). The van der Waals surface area contributed by atoms with Crippen LogP contribution in [0.1, 0.15) is 10.4 Å². The molecule has 1 aromatic carbocycles. The summed E-state index contributed by atoms with van der Waals surface area (Å²) in [6, 6.07) is 4.50. The third-order valence-corrected chi connectivity index (χ3v) is 3.59. The molecule has 0 saturated carbocycles. The molecule has 20 heavy (non-hydrogen) atoms. The molecular weight excluding hydrogens is 282 g/mol. The zero-order valence-corrected chi connectivity index (χ0v) is 11.5. The number of fused-ring (bicyclic) bond motifs is 1. The second kappa shape index (κ2) is 5.41. The van der Waals surface area contributed by atoms with Gasteiger partial charge in [-0.25, -0.2) is 23.2 Å². The highest BCUT2D eigenvalue weighted by molar-refractivity contribution is 7.90. The number of hydrogen-bond acceptors (Lipinski definition) is 6. The van der Waals surface area contributed by atoms with Gasteiger partial charge in [0.25, 0.3) is 0 Å². The predicted octanol–water partition coefficient (Wildman–Crippen LogP) is 0.784.